The van der Waals surface area contributed by atoms with Crippen LogP contribution in [0.4, 0.5) is 9.18 Å². The first-order valence-corrected chi connectivity index (χ1v) is 8.41. The fourth-order valence-electron chi connectivity index (χ4n) is 2.79. The van der Waals surface area contributed by atoms with E-state index >= 15 is 0 Å². The predicted molar refractivity (Wildman–Crippen MR) is 97.2 cm³/mol. The zero-order valence-electron chi connectivity index (χ0n) is 14.7. The number of nitrogens with one attached hydrogen (secondary N) is 1. The largest absolute Gasteiger partial charge is 0.331 e. The van der Waals surface area contributed by atoms with Crippen LogP contribution in [-0.2, 0) is 22.7 Å². The molecule has 1 aliphatic heterocycles. The normalized spacial score (nSPS) is 17.9. The van der Waals surface area contributed by atoms with Gasteiger partial charge in [0.15, 0.2) is 5.92 Å². The highest BCUT2D eigenvalue weighted by molar-refractivity contribution is 6.27. The SMILES string of the molecule is CC(=NCc1ccc(F)cc1)C1C(=O)NC(=O)N(Cc2ccccc2)C1=O. The van der Waals surface area contributed by atoms with E-state index in [1.165, 1.54) is 12.1 Å². The summed E-state index contributed by atoms with van der Waals surface area (Å²) in [6.45, 7) is 1.85. The van der Waals surface area contributed by atoms with Crippen molar-refractivity contribution < 1.29 is 18.8 Å². The van der Waals surface area contributed by atoms with Crippen molar-refractivity contribution in [2.45, 2.75) is 20.0 Å². The van der Waals surface area contributed by atoms with Gasteiger partial charge in [0.05, 0.1) is 13.1 Å². The molecule has 6 nitrogen and oxygen atoms in total. The lowest BCUT2D eigenvalue weighted by Crippen LogP contribution is -2.59. The van der Waals surface area contributed by atoms with E-state index in [1.807, 2.05) is 6.07 Å². The Balaban J connectivity index is 1.77. The fourth-order valence-corrected chi connectivity index (χ4v) is 2.79. The van der Waals surface area contributed by atoms with Gasteiger partial charge in [0.2, 0.25) is 11.8 Å². The fraction of sp³-hybridized carbons (Fsp3) is 0.200. The van der Waals surface area contributed by atoms with Gasteiger partial charge in [0.1, 0.15) is 5.82 Å². The van der Waals surface area contributed by atoms with Gasteiger partial charge < -0.3 is 0 Å². The summed E-state index contributed by atoms with van der Waals surface area (Å²) in [5.41, 5.74) is 1.82. The number of carbonyl (C=O) groups excluding carboxylic acids is 3. The van der Waals surface area contributed by atoms with E-state index in [4.69, 9.17) is 0 Å². The molecule has 2 aromatic carbocycles. The van der Waals surface area contributed by atoms with Crippen LogP contribution in [0, 0.1) is 11.7 Å². The number of urea groups is 1. The molecule has 0 spiro atoms. The van der Waals surface area contributed by atoms with Crippen molar-refractivity contribution in [3.8, 4) is 0 Å². The maximum Gasteiger partial charge on any atom is 0.331 e. The number of aliphatic imine (C=N–C) groups is 1. The van der Waals surface area contributed by atoms with Crippen LogP contribution in [0.1, 0.15) is 18.1 Å². The van der Waals surface area contributed by atoms with E-state index in [2.05, 4.69) is 10.3 Å². The van der Waals surface area contributed by atoms with Crippen molar-refractivity contribution in [3.63, 3.8) is 0 Å². The van der Waals surface area contributed by atoms with Gasteiger partial charge in [-0.05, 0) is 30.2 Å². The zero-order chi connectivity index (χ0) is 19.4. The highest BCUT2D eigenvalue weighted by atomic mass is 19.1. The summed E-state index contributed by atoms with van der Waals surface area (Å²) in [4.78, 5) is 42.4. The summed E-state index contributed by atoms with van der Waals surface area (Å²) in [5, 5.41) is 2.21. The molecule has 138 valence electrons. The van der Waals surface area contributed by atoms with E-state index in [0.29, 0.717) is 5.71 Å². The van der Waals surface area contributed by atoms with Crippen LogP contribution < -0.4 is 5.32 Å². The molecule has 0 aliphatic carbocycles. The topological polar surface area (TPSA) is 78.8 Å². The Morgan fingerprint density at radius 1 is 1.04 bits per heavy atom. The minimum absolute atomic E-state index is 0.0700. The molecule has 4 amide bonds. The first-order chi connectivity index (χ1) is 13.0. The lowest BCUT2D eigenvalue weighted by Gasteiger charge is -2.30. The van der Waals surface area contributed by atoms with Crippen LogP contribution in [0.3, 0.4) is 0 Å². The Bertz CT molecular complexity index is 894. The van der Waals surface area contributed by atoms with Crippen molar-refractivity contribution in [2.75, 3.05) is 0 Å². The van der Waals surface area contributed by atoms with Crippen LogP contribution in [-0.4, -0.2) is 28.5 Å². The quantitative estimate of drug-likeness (QED) is 0.652. The summed E-state index contributed by atoms with van der Waals surface area (Å²) in [6, 6.07) is 14.1. The highest BCUT2D eigenvalue weighted by Gasteiger charge is 2.41. The third-order valence-corrected chi connectivity index (χ3v) is 4.28. The molecule has 0 saturated carbocycles. The summed E-state index contributed by atoms with van der Waals surface area (Å²) in [6.07, 6.45) is 0. The van der Waals surface area contributed by atoms with Crippen molar-refractivity contribution in [1.29, 1.82) is 0 Å². The lowest BCUT2D eigenvalue weighted by atomic mass is 9.99. The van der Waals surface area contributed by atoms with E-state index in [0.717, 1.165) is 16.0 Å². The van der Waals surface area contributed by atoms with Gasteiger partial charge in [-0.1, -0.05) is 42.5 Å². The molecule has 0 bridgehead atoms. The lowest BCUT2D eigenvalue weighted by molar-refractivity contribution is -0.139. The van der Waals surface area contributed by atoms with Gasteiger partial charge in [-0.25, -0.2) is 9.18 Å². The monoisotopic (exact) mass is 367 g/mol. The van der Waals surface area contributed by atoms with E-state index in [9.17, 15) is 18.8 Å². The Hall–Kier alpha value is -3.35. The number of rotatable bonds is 5. The minimum Gasteiger partial charge on any atom is -0.288 e. The number of imide groups is 2. The minimum atomic E-state index is -1.16. The third-order valence-electron chi connectivity index (χ3n) is 4.28. The van der Waals surface area contributed by atoms with E-state index in [1.54, 1.807) is 43.3 Å². The molecule has 1 saturated heterocycles. The molecule has 2 aromatic rings. The van der Waals surface area contributed by atoms with Gasteiger partial charge in [0.25, 0.3) is 0 Å². The standard InChI is InChI=1S/C20H18FN3O3/c1-13(22-11-14-7-9-16(21)10-8-14)17-18(25)23-20(27)24(19(17)26)12-15-5-3-2-4-6-15/h2-10,17H,11-12H2,1H3,(H,23,25,27). The van der Waals surface area contributed by atoms with Gasteiger partial charge >= 0.3 is 6.03 Å². The molecule has 7 heteroatoms. The van der Waals surface area contributed by atoms with Crippen LogP contribution in [0.15, 0.2) is 59.6 Å². The maximum absolute atomic E-state index is 13.0. The van der Waals surface area contributed by atoms with Crippen LogP contribution in [0.2, 0.25) is 0 Å². The molecule has 27 heavy (non-hydrogen) atoms. The van der Waals surface area contributed by atoms with Crippen molar-refractivity contribution >= 4 is 23.6 Å². The maximum atomic E-state index is 13.0. The molecule has 1 heterocycles. The van der Waals surface area contributed by atoms with Crippen LogP contribution in [0.25, 0.3) is 0 Å². The second-order valence-corrected chi connectivity index (χ2v) is 6.22. The molecule has 3 rings (SSSR count). The number of nitrogens with zero attached hydrogens (tertiary/aromatic N) is 2. The number of barbiturate groups is 1. The Labute approximate surface area is 155 Å². The molecule has 1 unspecified atom stereocenters. The third kappa shape index (κ3) is 4.25. The van der Waals surface area contributed by atoms with Crippen molar-refractivity contribution in [1.82, 2.24) is 10.2 Å². The number of halogens is 1. The van der Waals surface area contributed by atoms with Gasteiger partial charge in [-0.3, -0.25) is 24.8 Å². The van der Waals surface area contributed by atoms with Crippen LogP contribution in [0.5, 0.6) is 0 Å². The molecular formula is C20H18FN3O3. The van der Waals surface area contributed by atoms with Gasteiger partial charge in [0, 0.05) is 5.71 Å². The van der Waals surface area contributed by atoms with E-state index in [-0.39, 0.29) is 18.9 Å². The molecule has 1 aliphatic rings. The number of benzene rings is 2. The predicted octanol–water partition coefficient (Wildman–Crippen LogP) is 2.68. The molecule has 1 atom stereocenters. The first kappa shape index (κ1) is 18.4. The molecule has 1 fully saturated rings. The number of amides is 4. The summed E-state index contributed by atoms with van der Waals surface area (Å²) in [7, 11) is 0. The average Bonchev–Trinajstić information content (AvgIpc) is 2.65. The summed E-state index contributed by atoms with van der Waals surface area (Å²) >= 11 is 0. The highest BCUT2D eigenvalue weighted by Crippen LogP contribution is 2.17. The number of carbonyl (C=O) groups is 3. The summed E-state index contributed by atoms with van der Waals surface area (Å²) < 4.78 is 13.0. The Kier molecular flexibility index (Phi) is 5.40. The van der Waals surface area contributed by atoms with Crippen molar-refractivity contribution in [3.05, 3.63) is 71.5 Å². The first-order valence-electron chi connectivity index (χ1n) is 8.41. The average molecular weight is 367 g/mol. The second kappa shape index (κ2) is 7.90. The Morgan fingerprint density at radius 2 is 1.70 bits per heavy atom. The number of hydrogen-bond acceptors (Lipinski definition) is 4. The number of hydrogen-bond donors (Lipinski definition) is 1. The zero-order valence-corrected chi connectivity index (χ0v) is 14.7. The van der Waals surface area contributed by atoms with Crippen molar-refractivity contribution in [2.24, 2.45) is 10.9 Å². The van der Waals surface area contributed by atoms with Gasteiger partial charge in [-0.15, -0.1) is 0 Å². The smallest absolute Gasteiger partial charge is 0.288 e. The molecule has 1 N–H and O–H groups in total. The molecule has 0 radical (unpaired) electrons. The van der Waals surface area contributed by atoms with Gasteiger partial charge in [-0.2, -0.15) is 0 Å². The van der Waals surface area contributed by atoms with E-state index < -0.39 is 23.8 Å². The summed E-state index contributed by atoms with van der Waals surface area (Å²) in [5.74, 6) is -2.80. The second-order valence-electron chi connectivity index (χ2n) is 6.22. The van der Waals surface area contributed by atoms with Crippen LogP contribution >= 0.6 is 0 Å². The Morgan fingerprint density at radius 3 is 2.37 bits per heavy atom. The molecule has 0 aromatic heterocycles. The molecular weight excluding hydrogens is 349 g/mol.